The Balaban J connectivity index is 2.64. The fourth-order valence-electron chi connectivity index (χ4n) is 1.12. The van der Waals surface area contributed by atoms with Gasteiger partial charge in [0.05, 0.1) is 6.61 Å². The van der Waals surface area contributed by atoms with Gasteiger partial charge in [0.2, 0.25) is 0 Å². The Morgan fingerprint density at radius 2 is 2.00 bits per heavy atom. The van der Waals surface area contributed by atoms with Gasteiger partial charge in [-0.1, -0.05) is 6.07 Å². The van der Waals surface area contributed by atoms with Gasteiger partial charge in [-0.15, -0.1) is 12.1 Å². The highest BCUT2D eigenvalue weighted by Gasteiger charge is 2.26. The van der Waals surface area contributed by atoms with Crippen molar-refractivity contribution in [2.24, 2.45) is 0 Å². The van der Waals surface area contributed by atoms with Crippen LogP contribution >= 0.6 is 0 Å². The molecule has 94 valence electrons. The average molecular weight is 244 g/mol. The zero-order valence-corrected chi connectivity index (χ0v) is 9.79. The molecule has 0 radical (unpaired) electrons. The SMILES string of the molecule is C=C(COc1cccc(N(C)C)c1)[B-](F)(F)F. The van der Waals surface area contributed by atoms with Gasteiger partial charge in [-0.3, -0.25) is 0 Å². The van der Waals surface area contributed by atoms with Crippen molar-refractivity contribution in [3.8, 4) is 5.75 Å². The van der Waals surface area contributed by atoms with Crippen LogP contribution in [0.15, 0.2) is 36.3 Å². The van der Waals surface area contributed by atoms with Crippen molar-refractivity contribution in [2.45, 2.75) is 0 Å². The first kappa shape index (κ1) is 13.5. The first-order valence-corrected chi connectivity index (χ1v) is 5.08. The molecule has 0 bridgehead atoms. The van der Waals surface area contributed by atoms with Gasteiger partial charge < -0.3 is 22.6 Å². The number of ether oxygens (including phenoxy) is 1. The van der Waals surface area contributed by atoms with E-state index in [1.165, 1.54) is 0 Å². The molecule has 1 rings (SSSR count). The third-order valence-electron chi connectivity index (χ3n) is 2.22. The average Bonchev–Trinajstić information content (AvgIpc) is 2.25. The van der Waals surface area contributed by atoms with Crippen LogP contribution in [0.25, 0.3) is 0 Å². The molecule has 0 saturated carbocycles. The molecule has 1 aromatic rings. The number of hydrogen-bond donors (Lipinski definition) is 0. The summed E-state index contributed by atoms with van der Waals surface area (Å²) < 4.78 is 41.8. The Bertz CT molecular complexity index is 404. The van der Waals surface area contributed by atoms with Crippen LogP contribution in [0.5, 0.6) is 5.75 Å². The molecule has 0 fully saturated rings. The lowest BCUT2D eigenvalue weighted by molar-refractivity contribution is 0.347. The fraction of sp³-hybridized carbons (Fsp3) is 0.273. The normalized spacial score (nSPS) is 11.1. The molecule has 0 saturated heterocycles. The summed E-state index contributed by atoms with van der Waals surface area (Å²) >= 11 is 0. The molecule has 0 aliphatic carbocycles. The van der Waals surface area contributed by atoms with Crippen molar-refractivity contribution in [2.75, 3.05) is 25.6 Å². The van der Waals surface area contributed by atoms with Crippen molar-refractivity contribution in [1.82, 2.24) is 0 Å². The molecule has 0 amide bonds. The first-order valence-electron chi connectivity index (χ1n) is 5.08. The Kier molecular flexibility index (Phi) is 4.09. The standard InChI is InChI=1S/C11H14BF3NO/c1-9(12(13,14)15)8-17-11-6-4-5-10(7-11)16(2)3/h4-7H,1,8H2,2-3H3/q-1. The molecular formula is C11H14BF3NO-. The molecule has 0 aromatic heterocycles. The molecular weight excluding hydrogens is 230 g/mol. The van der Waals surface area contributed by atoms with E-state index in [1.807, 2.05) is 25.1 Å². The van der Waals surface area contributed by atoms with E-state index in [2.05, 4.69) is 6.58 Å². The minimum absolute atomic E-state index is 0.400. The summed E-state index contributed by atoms with van der Waals surface area (Å²) in [6.07, 6.45) is 0. The van der Waals surface area contributed by atoms with Crippen LogP contribution < -0.4 is 9.64 Å². The molecule has 0 spiro atoms. The van der Waals surface area contributed by atoms with Gasteiger partial charge in [0.25, 0.3) is 0 Å². The number of hydrogen-bond acceptors (Lipinski definition) is 2. The highest BCUT2D eigenvalue weighted by molar-refractivity contribution is 6.66. The third-order valence-corrected chi connectivity index (χ3v) is 2.22. The van der Waals surface area contributed by atoms with Crippen molar-refractivity contribution in [1.29, 1.82) is 0 Å². The zero-order chi connectivity index (χ0) is 13.1. The second-order valence-corrected chi connectivity index (χ2v) is 3.91. The lowest BCUT2D eigenvalue weighted by Crippen LogP contribution is -2.23. The summed E-state index contributed by atoms with van der Waals surface area (Å²) in [6.45, 7) is -2.58. The van der Waals surface area contributed by atoms with Crippen molar-refractivity contribution >= 4 is 12.7 Å². The van der Waals surface area contributed by atoms with Crippen LogP contribution in [-0.4, -0.2) is 27.7 Å². The molecule has 0 atom stereocenters. The van der Waals surface area contributed by atoms with Crippen LogP contribution in [0.1, 0.15) is 0 Å². The van der Waals surface area contributed by atoms with Crippen LogP contribution in [0.4, 0.5) is 18.6 Å². The lowest BCUT2D eigenvalue weighted by atomic mass is 9.81. The maximum absolute atomic E-state index is 12.2. The number of nitrogens with zero attached hydrogens (tertiary/aromatic N) is 1. The predicted molar refractivity (Wildman–Crippen MR) is 64.5 cm³/mol. The quantitative estimate of drug-likeness (QED) is 0.738. The molecule has 0 heterocycles. The molecule has 0 N–H and O–H groups in total. The van der Waals surface area contributed by atoms with Gasteiger partial charge in [0, 0.05) is 25.8 Å². The van der Waals surface area contributed by atoms with Gasteiger partial charge in [0.15, 0.2) is 0 Å². The molecule has 0 aliphatic rings. The third kappa shape index (κ3) is 4.05. The summed E-state index contributed by atoms with van der Waals surface area (Å²) in [4.78, 5) is 1.84. The largest absolute Gasteiger partial charge is 0.508 e. The maximum Gasteiger partial charge on any atom is 0.508 e. The molecule has 2 nitrogen and oxygen atoms in total. The highest BCUT2D eigenvalue weighted by Crippen LogP contribution is 2.22. The summed E-state index contributed by atoms with van der Waals surface area (Å²) in [6, 6.07) is 6.86. The zero-order valence-electron chi connectivity index (χ0n) is 9.79. The Morgan fingerprint density at radius 1 is 1.35 bits per heavy atom. The predicted octanol–water partition coefficient (Wildman–Crippen LogP) is 3.07. The monoisotopic (exact) mass is 244 g/mol. The number of benzene rings is 1. The van der Waals surface area contributed by atoms with Crippen LogP contribution in [0.2, 0.25) is 0 Å². The van der Waals surface area contributed by atoms with E-state index < -0.39 is 19.1 Å². The van der Waals surface area contributed by atoms with Crippen LogP contribution in [0, 0.1) is 0 Å². The van der Waals surface area contributed by atoms with Crippen molar-refractivity contribution in [3.05, 3.63) is 36.3 Å². The van der Waals surface area contributed by atoms with E-state index in [-0.39, 0.29) is 0 Å². The van der Waals surface area contributed by atoms with Crippen molar-refractivity contribution < 1.29 is 17.7 Å². The van der Waals surface area contributed by atoms with Gasteiger partial charge >= 0.3 is 6.98 Å². The van der Waals surface area contributed by atoms with Crippen LogP contribution in [-0.2, 0) is 0 Å². The second-order valence-electron chi connectivity index (χ2n) is 3.91. The van der Waals surface area contributed by atoms with E-state index >= 15 is 0 Å². The number of anilines is 1. The minimum atomic E-state index is -5.02. The second kappa shape index (κ2) is 5.16. The van der Waals surface area contributed by atoms with Crippen molar-refractivity contribution in [3.63, 3.8) is 0 Å². The van der Waals surface area contributed by atoms with Gasteiger partial charge in [-0.05, 0) is 12.1 Å². The molecule has 0 unspecified atom stereocenters. The summed E-state index contributed by atoms with van der Waals surface area (Å²) in [5.74, 6) is 0.400. The van der Waals surface area contributed by atoms with E-state index in [9.17, 15) is 12.9 Å². The first-order chi connectivity index (χ1) is 7.80. The Morgan fingerprint density at radius 3 is 2.53 bits per heavy atom. The molecule has 1 aromatic carbocycles. The highest BCUT2D eigenvalue weighted by atomic mass is 19.4. The summed E-state index contributed by atoms with van der Waals surface area (Å²) in [5.41, 5.74) is 0.0332. The van der Waals surface area contributed by atoms with Crippen LogP contribution in [0.3, 0.4) is 0 Å². The number of rotatable bonds is 5. The smallest absolute Gasteiger partial charge is 0.492 e. The van der Waals surface area contributed by atoms with Gasteiger partial charge in [-0.25, -0.2) is 0 Å². The lowest BCUT2D eigenvalue weighted by Gasteiger charge is -2.19. The van der Waals surface area contributed by atoms with Gasteiger partial charge in [-0.2, -0.15) is 0 Å². The summed E-state index contributed by atoms with van der Waals surface area (Å²) in [5, 5.41) is 0. The fourth-order valence-corrected chi connectivity index (χ4v) is 1.12. The Hall–Kier alpha value is -1.59. The van der Waals surface area contributed by atoms with E-state index in [1.54, 1.807) is 18.2 Å². The minimum Gasteiger partial charge on any atom is -0.492 e. The molecule has 17 heavy (non-hydrogen) atoms. The molecule has 0 aliphatic heterocycles. The maximum atomic E-state index is 12.2. The van der Waals surface area contributed by atoms with E-state index in [4.69, 9.17) is 4.74 Å². The topological polar surface area (TPSA) is 12.5 Å². The number of halogens is 3. The summed E-state index contributed by atoms with van der Waals surface area (Å²) in [7, 11) is 3.69. The van der Waals surface area contributed by atoms with E-state index in [0.29, 0.717) is 5.75 Å². The Labute approximate surface area is 98.7 Å². The molecule has 6 heteroatoms. The van der Waals surface area contributed by atoms with Gasteiger partial charge in [0.1, 0.15) is 5.75 Å². The van der Waals surface area contributed by atoms with E-state index in [0.717, 1.165) is 5.69 Å².